The third-order valence-corrected chi connectivity index (χ3v) is 15.0. The quantitative estimate of drug-likeness (QED) is 0.187. The van der Waals surface area contributed by atoms with Gasteiger partial charge in [-0.3, -0.25) is 0 Å². The molecular weight excluding hydrogens is 679 g/mol. The van der Waals surface area contributed by atoms with E-state index in [-0.39, 0.29) is 29.9 Å². The van der Waals surface area contributed by atoms with Crippen LogP contribution in [-0.4, -0.2) is 116 Å². The van der Waals surface area contributed by atoms with E-state index in [1.54, 1.807) is 6.20 Å². The summed E-state index contributed by atoms with van der Waals surface area (Å²) in [7, 11) is -2.42. The molecule has 1 unspecified atom stereocenters. The standard InChI is InChI=1S/C34H47N7O7SSi/c1-34(2,3)50(7,8)48-26(19-39(4)33(42)43)21-47-25-11-9-10-23(16-25)31-37-29(17-30(38-31)40(5)24-12-14-46-15-13-24)28-20-41(49(6,44)45)32-27(28)18-35-22-36-32/h9-11,16-18,20,22,24,26H,12-15,19,21H2,1-8H3,(H,42,43). The van der Waals surface area contributed by atoms with Gasteiger partial charge >= 0.3 is 6.09 Å². The van der Waals surface area contributed by atoms with Crippen molar-refractivity contribution < 1.29 is 32.2 Å². The predicted molar refractivity (Wildman–Crippen MR) is 195 cm³/mol. The molecule has 0 aliphatic carbocycles. The molecule has 50 heavy (non-hydrogen) atoms. The van der Waals surface area contributed by atoms with Gasteiger partial charge in [-0.15, -0.1) is 0 Å². The molecule has 5 rings (SSSR count). The van der Waals surface area contributed by atoms with Crippen molar-refractivity contribution in [2.75, 3.05) is 51.6 Å². The van der Waals surface area contributed by atoms with Gasteiger partial charge < -0.3 is 28.8 Å². The Labute approximate surface area is 294 Å². The summed E-state index contributed by atoms with van der Waals surface area (Å²) in [5.74, 6) is 1.62. The van der Waals surface area contributed by atoms with Crippen molar-refractivity contribution in [3.05, 3.63) is 49.1 Å². The molecule has 0 spiro atoms. The normalized spacial score (nSPS) is 15.2. The first kappa shape index (κ1) is 37.1. The molecule has 1 amide bonds. The number of benzene rings is 1. The van der Waals surface area contributed by atoms with Crippen LogP contribution in [0.15, 0.2) is 49.1 Å². The highest BCUT2D eigenvalue weighted by Crippen LogP contribution is 2.38. The first-order chi connectivity index (χ1) is 23.4. The Hall–Kier alpha value is -4.12. The van der Waals surface area contributed by atoms with Gasteiger partial charge in [0, 0.05) is 68.3 Å². The topological polar surface area (TPSA) is 162 Å². The summed E-state index contributed by atoms with van der Waals surface area (Å²) in [6.07, 6.45) is 5.69. The zero-order valence-corrected chi connectivity index (χ0v) is 31.8. The fourth-order valence-electron chi connectivity index (χ4n) is 5.55. The Kier molecular flexibility index (Phi) is 10.9. The maximum absolute atomic E-state index is 12.7. The molecule has 0 bridgehead atoms. The van der Waals surface area contributed by atoms with E-state index in [2.05, 4.69) is 48.7 Å². The second-order valence-electron chi connectivity index (χ2n) is 14.3. The van der Waals surface area contributed by atoms with Crippen molar-refractivity contribution in [3.8, 4) is 28.4 Å². The monoisotopic (exact) mass is 725 g/mol. The number of amides is 1. The molecule has 16 heteroatoms. The number of carboxylic acid groups (broad SMARTS) is 1. The van der Waals surface area contributed by atoms with Gasteiger partial charge in [-0.25, -0.2) is 37.1 Å². The zero-order chi connectivity index (χ0) is 36.4. The lowest BCUT2D eigenvalue weighted by atomic mass is 10.1. The number of fused-ring (bicyclic) bond motifs is 1. The second-order valence-corrected chi connectivity index (χ2v) is 20.9. The number of anilines is 1. The molecule has 270 valence electrons. The molecule has 1 aliphatic heterocycles. The highest BCUT2D eigenvalue weighted by Gasteiger charge is 2.39. The average Bonchev–Trinajstić information content (AvgIpc) is 3.47. The molecular formula is C34H47N7O7SSi. The maximum Gasteiger partial charge on any atom is 0.407 e. The Morgan fingerprint density at radius 1 is 1.16 bits per heavy atom. The number of rotatable bonds is 12. The summed E-state index contributed by atoms with van der Waals surface area (Å²) >= 11 is 0. The van der Waals surface area contributed by atoms with Crippen LogP contribution in [0.2, 0.25) is 18.1 Å². The van der Waals surface area contributed by atoms with Crippen molar-refractivity contribution in [1.82, 2.24) is 28.8 Å². The van der Waals surface area contributed by atoms with Crippen molar-refractivity contribution in [1.29, 1.82) is 0 Å². The fourth-order valence-corrected chi connectivity index (χ4v) is 7.64. The van der Waals surface area contributed by atoms with Crippen LogP contribution >= 0.6 is 0 Å². The number of nitrogens with zero attached hydrogens (tertiary/aromatic N) is 7. The summed E-state index contributed by atoms with van der Waals surface area (Å²) < 4.78 is 45.1. The average molecular weight is 726 g/mol. The molecule has 1 aliphatic rings. The number of likely N-dealkylation sites (N-methyl/N-ethyl adjacent to an activating group) is 1. The Morgan fingerprint density at radius 3 is 2.54 bits per heavy atom. The predicted octanol–water partition coefficient (Wildman–Crippen LogP) is 5.36. The highest BCUT2D eigenvalue weighted by molar-refractivity contribution is 7.89. The Morgan fingerprint density at radius 2 is 1.88 bits per heavy atom. The van der Waals surface area contributed by atoms with E-state index in [0.717, 1.165) is 23.1 Å². The van der Waals surface area contributed by atoms with Crippen LogP contribution in [0.1, 0.15) is 33.6 Å². The van der Waals surface area contributed by atoms with Gasteiger partial charge in [0.15, 0.2) is 19.8 Å². The van der Waals surface area contributed by atoms with Gasteiger partial charge in [0.2, 0.25) is 10.0 Å². The lowest BCUT2D eigenvalue weighted by Gasteiger charge is -2.39. The van der Waals surface area contributed by atoms with Crippen molar-refractivity contribution in [2.45, 2.75) is 63.9 Å². The molecule has 1 atom stereocenters. The van der Waals surface area contributed by atoms with Crippen LogP contribution in [0.5, 0.6) is 5.75 Å². The van der Waals surface area contributed by atoms with Crippen LogP contribution in [0.4, 0.5) is 10.6 Å². The van der Waals surface area contributed by atoms with E-state index in [4.69, 9.17) is 23.9 Å². The number of ether oxygens (including phenoxy) is 2. The van der Waals surface area contributed by atoms with E-state index in [1.807, 2.05) is 37.4 Å². The van der Waals surface area contributed by atoms with Crippen LogP contribution in [-0.2, 0) is 19.2 Å². The van der Waals surface area contributed by atoms with Gasteiger partial charge in [0.05, 0.1) is 24.6 Å². The number of carbonyl (C=O) groups is 1. The zero-order valence-electron chi connectivity index (χ0n) is 30.0. The van der Waals surface area contributed by atoms with Gasteiger partial charge in [0.25, 0.3) is 0 Å². The molecule has 4 aromatic rings. The van der Waals surface area contributed by atoms with Gasteiger partial charge in [-0.2, -0.15) is 0 Å². The third-order valence-electron chi connectivity index (χ3n) is 9.48. The fraction of sp³-hybridized carbons (Fsp3) is 0.500. The summed E-state index contributed by atoms with van der Waals surface area (Å²) in [4.78, 5) is 33.4. The van der Waals surface area contributed by atoms with Crippen LogP contribution in [0.3, 0.4) is 0 Å². The van der Waals surface area contributed by atoms with Crippen LogP contribution in [0.25, 0.3) is 33.7 Å². The van der Waals surface area contributed by atoms with Crippen LogP contribution in [0, 0.1) is 0 Å². The molecule has 14 nitrogen and oxygen atoms in total. The summed E-state index contributed by atoms with van der Waals surface area (Å²) in [6.45, 7) is 12.2. The molecule has 1 aromatic carbocycles. The van der Waals surface area contributed by atoms with E-state index in [1.165, 1.54) is 24.5 Å². The van der Waals surface area contributed by atoms with Crippen molar-refractivity contribution >= 4 is 41.3 Å². The minimum Gasteiger partial charge on any atom is -0.491 e. The molecule has 1 N–H and O–H groups in total. The van der Waals surface area contributed by atoms with Gasteiger partial charge in [-0.05, 0) is 43.1 Å². The number of hydrogen-bond donors (Lipinski definition) is 1. The molecule has 3 aromatic heterocycles. The molecule has 1 saturated heterocycles. The first-order valence-electron chi connectivity index (χ1n) is 16.5. The van der Waals surface area contributed by atoms with E-state index in [9.17, 15) is 18.3 Å². The Balaban J connectivity index is 1.53. The largest absolute Gasteiger partial charge is 0.491 e. The molecule has 0 radical (unpaired) electrons. The lowest BCUT2D eigenvalue weighted by Crippen LogP contribution is -2.49. The highest BCUT2D eigenvalue weighted by atomic mass is 32.2. The molecule has 4 heterocycles. The molecule has 1 fully saturated rings. The lowest BCUT2D eigenvalue weighted by molar-refractivity contribution is 0.0794. The minimum absolute atomic E-state index is 0.0788. The number of hydrogen-bond acceptors (Lipinski definition) is 11. The summed E-state index contributed by atoms with van der Waals surface area (Å²) in [5, 5.41) is 10.0. The van der Waals surface area contributed by atoms with Gasteiger partial charge in [-0.1, -0.05) is 32.9 Å². The van der Waals surface area contributed by atoms with Crippen LogP contribution < -0.4 is 9.64 Å². The summed E-state index contributed by atoms with van der Waals surface area (Å²) in [6, 6.07) is 9.44. The third kappa shape index (κ3) is 8.42. The maximum atomic E-state index is 12.7. The van der Waals surface area contributed by atoms with E-state index >= 15 is 0 Å². The van der Waals surface area contributed by atoms with Crippen molar-refractivity contribution in [2.24, 2.45) is 0 Å². The van der Waals surface area contributed by atoms with E-state index < -0.39 is 30.5 Å². The first-order valence-corrected chi connectivity index (χ1v) is 21.3. The van der Waals surface area contributed by atoms with E-state index in [0.29, 0.717) is 52.8 Å². The molecule has 0 saturated carbocycles. The minimum atomic E-state index is -3.68. The SMILES string of the molecule is CN(CC(COc1cccc(-c2nc(-c3cn(S(C)(=O)=O)c4ncncc34)cc(N(C)C3CCOCC3)n2)c1)O[Si](C)(C)C(C)(C)C)C(=O)O. The Bertz CT molecular complexity index is 1940. The second kappa shape index (κ2) is 14.6. The van der Waals surface area contributed by atoms with Gasteiger partial charge in [0.1, 0.15) is 24.5 Å². The summed E-state index contributed by atoms with van der Waals surface area (Å²) in [5.41, 5.74) is 2.00. The van der Waals surface area contributed by atoms with Crippen molar-refractivity contribution in [3.63, 3.8) is 0 Å². The smallest absolute Gasteiger partial charge is 0.407 e. The number of aromatic nitrogens is 5.